The Bertz CT molecular complexity index is 1170. The molecule has 0 aliphatic carbocycles. The Morgan fingerprint density at radius 2 is 1.70 bits per heavy atom. The minimum absolute atomic E-state index is 0.201. The van der Waals surface area contributed by atoms with E-state index in [2.05, 4.69) is 10.6 Å². The van der Waals surface area contributed by atoms with Crippen LogP contribution >= 0.6 is 11.6 Å². The number of rotatable bonds is 6. The molecule has 0 unspecified atom stereocenters. The first-order valence-electron chi connectivity index (χ1n) is 8.64. The van der Waals surface area contributed by atoms with Gasteiger partial charge in [-0.2, -0.15) is 0 Å². The van der Waals surface area contributed by atoms with Crippen molar-refractivity contribution in [3.05, 3.63) is 97.9 Å². The Hall–Kier alpha value is -3.98. The van der Waals surface area contributed by atoms with E-state index in [0.717, 1.165) is 22.9 Å². The van der Waals surface area contributed by atoms with Crippen LogP contribution in [0, 0.1) is 10.1 Å². The Kier molecular flexibility index (Phi) is 6.23. The second-order valence-electron chi connectivity index (χ2n) is 6.17. The van der Waals surface area contributed by atoms with Crippen LogP contribution in [0.25, 0.3) is 0 Å². The summed E-state index contributed by atoms with van der Waals surface area (Å²) < 4.78 is 0.920. The van der Waals surface area contributed by atoms with Crippen molar-refractivity contribution >= 4 is 40.5 Å². The van der Waals surface area contributed by atoms with Gasteiger partial charge in [-0.3, -0.25) is 29.1 Å². The van der Waals surface area contributed by atoms with Crippen LogP contribution in [-0.2, 0) is 11.3 Å². The van der Waals surface area contributed by atoms with Gasteiger partial charge >= 0.3 is 0 Å². The third-order valence-electron chi connectivity index (χ3n) is 4.04. The van der Waals surface area contributed by atoms with Crippen molar-refractivity contribution in [2.45, 2.75) is 6.54 Å². The number of aromatic nitrogens is 1. The van der Waals surface area contributed by atoms with Gasteiger partial charge in [0.15, 0.2) is 0 Å². The zero-order valence-electron chi connectivity index (χ0n) is 15.4. The number of hydrogen-bond donors (Lipinski definition) is 2. The minimum atomic E-state index is -0.662. The van der Waals surface area contributed by atoms with Crippen LogP contribution in [0.5, 0.6) is 0 Å². The third kappa shape index (κ3) is 5.09. The lowest BCUT2D eigenvalue weighted by atomic mass is 10.1. The summed E-state index contributed by atoms with van der Waals surface area (Å²) in [5, 5.41) is 16.7. The highest BCUT2D eigenvalue weighted by molar-refractivity contribution is 6.30. The quantitative estimate of drug-likeness (QED) is 0.462. The number of carbonyl (C=O) groups excluding carboxylic acids is 2. The Morgan fingerprint density at radius 3 is 2.40 bits per heavy atom. The molecule has 2 N–H and O–H groups in total. The number of pyridine rings is 1. The molecule has 0 bridgehead atoms. The maximum absolute atomic E-state index is 12.6. The standard InChI is InChI=1S/C20H15ClN4O5/c21-13-5-7-14(8-6-13)22-20(28)16-3-1-2-4-17(16)23-18(26)12-24-11-15(25(29)30)9-10-19(24)27/h1-11H,12H2,(H,22,28)(H,23,26). The van der Waals surface area contributed by atoms with E-state index in [1.54, 1.807) is 36.4 Å². The van der Waals surface area contributed by atoms with E-state index in [9.17, 15) is 24.5 Å². The lowest BCUT2D eigenvalue weighted by Crippen LogP contribution is -2.27. The van der Waals surface area contributed by atoms with Gasteiger partial charge in [0.05, 0.1) is 22.4 Å². The molecule has 3 rings (SSSR count). The molecule has 2 amide bonds. The number of benzene rings is 2. The summed E-state index contributed by atoms with van der Waals surface area (Å²) >= 11 is 5.83. The van der Waals surface area contributed by atoms with Gasteiger partial charge in [0, 0.05) is 22.8 Å². The van der Waals surface area contributed by atoms with Gasteiger partial charge in [0.1, 0.15) is 6.54 Å². The summed E-state index contributed by atoms with van der Waals surface area (Å²) in [6, 6.07) is 14.9. The zero-order chi connectivity index (χ0) is 21.7. The van der Waals surface area contributed by atoms with Crippen molar-refractivity contribution in [2.75, 3.05) is 10.6 Å². The molecule has 0 fully saturated rings. The van der Waals surface area contributed by atoms with E-state index >= 15 is 0 Å². The van der Waals surface area contributed by atoms with Crippen molar-refractivity contribution in [3.63, 3.8) is 0 Å². The fourth-order valence-electron chi connectivity index (χ4n) is 2.62. The average Bonchev–Trinajstić information content (AvgIpc) is 2.71. The van der Waals surface area contributed by atoms with E-state index in [1.807, 2.05) is 0 Å². The average molecular weight is 427 g/mol. The van der Waals surface area contributed by atoms with E-state index in [-0.39, 0.29) is 16.9 Å². The molecule has 1 heterocycles. The highest BCUT2D eigenvalue weighted by Gasteiger charge is 2.15. The molecule has 30 heavy (non-hydrogen) atoms. The van der Waals surface area contributed by atoms with Gasteiger partial charge in [-0.1, -0.05) is 23.7 Å². The van der Waals surface area contributed by atoms with E-state index in [1.165, 1.54) is 12.1 Å². The predicted molar refractivity (Wildman–Crippen MR) is 112 cm³/mol. The first kappa shape index (κ1) is 20.7. The van der Waals surface area contributed by atoms with Crippen LogP contribution in [-0.4, -0.2) is 21.3 Å². The van der Waals surface area contributed by atoms with Gasteiger partial charge in [-0.05, 0) is 36.4 Å². The summed E-state index contributed by atoms with van der Waals surface area (Å²) in [5.41, 5.74) is 0.0722. The van der Waals surface area contributed by atoms with Crippen molar-refractivity contribution in [1.82, 2.24) is 4.57 Å². The molecule has 0 atom stereocenters. The molecule has 2 aromatic carbocycles. The number of halogens is 1. The zero-order valence-corrected chi connectivity index (χ0v) is 16.1. The summed E-state index contributed by atoms with van der Waals surface area (Å²) in [7, 11) is 0. The summed E-state index contributed by atoms with van der Waals surface area (Å²) in [6.45, 7) is -0.451. The molecular weight excluding hydrogens is 412 g/mol. The molecule has 3 aromatic rings. The van der Waals surface area contributed by atoms with Gasteiger partial charge in [-0.25, -0.2) is 0 Å². The normalized spacial score (nSPS) is 10.3. The van der Waals surface area contributed by atoms with Crippen LogP contribution in [0.2, 0.25) is 5.02 Å². The van der Waals surface area contributed by atoms with Crippen LogP contribution < -0.4 is 16.2 Å². The van der Waals surface area contributed by atoms with Crippen molar-refractivity contribution < 1.29 is 14.5 Å². The van der Waals surface area contributed by atoms with Crippen LogP contribution in [0.1, 0.15) is 10.4 Å². The number of hydrogen-bond acceptors (Lipinski definition) is 5. The monoisotopic (exact) mass is 426 g/mol. The van der Waals surface area contributed by atoms with Gasteiger partial charge in [0.25, 0.3) is 17.2 Å². The van der Waals surface area contributed by atoms with E-state index in [0.29, 0.717) is 10.7 Å². The summed E-state index contributed by atoms with van der Waals surface area (Å²) in [4.78, 5) is 47.1. The maximum atomic E-state index is 12.6. The maximum Gasteiger partial charge on any atom is 0.285 e. The number of nitro groups is 1. The lowest BCUT2D eigenvalue weighted by Gasteiger charge is -2.12. The molecule has 1 aromatic heterocycles. The molecule has 0 radical (unpaired) electrons. The molecule has 0 saturated heterocycles. The van der Waals surface area contributed by atoms with Crippen LogP contribution in [0.3, 0.4) is 0 Å². The van der Waals surface area contributed by atoms with Crippen LogP contribution in [0.4, 0.5) is 17.1 Å². The SMILES string of the molecule is O=C(Cn1cc([N+](=O)[O-])ccc1=O)Nc1ccccc1C(=O)Nc1ccc(Cl)cc1. The van der Waals surface area contributed by atoms with Crippen LogP contribution in [0.15, 0.2) is 71.7 Å². The molecule has 0 spiro atoms. The highest BCUT2D eigenvalue weighted by Crippen LogP contribution is 2.19. The predicted octanol–water partition coefficient (Wildman–Crippen LogP) is 3.30. The number of anilines is 2. The second kappa shape index (κ2) is 9.01. The number of amides is 2. The first-order valence-corrected chi connectivity index (χ1v) is 9.02. The minimum Gasteiger partial charge on any atom is -0.324 e. The number of nitrogens with zero attached hydrogens (tertiary/aromatic N) is 2. The topological polar surface area (TPSA) is 123 Å². The second-order valence-corrected chi connectivity index (χ2v) is 6.60. The summed E-state index contributed by atoms with van der Waals surface area (Å²) in [5.74, 6) is -1.08. The first-order chi connectivity index (χ1) is 14.3. The molecule has 0 aliphatic rings. The number of para-hydroxylation sites is 1. The Balaban J connectivity index is 1.76. The Labute approximate surface area is 175 Å². The lowest BCUT2D eigenvalue weighted by molar-refractivity contribution is -0.385. The third-order valence-corrected chi connectivity index (χ3v) is 4.29. The van der Waals surface area contributed by atoms with Gasteiger partial charge in [0.2, 0.25) is 5.91 Å². The number of nitrogens with one attached hydrogen (secondary N) is 2. The van der Waals surface area contributed by atoms with Gasteiger partial charge in [-0.15, -0.1) is 0 Å². The van der Waals surface area contributed by atoms with Gasteiger partial charge < -0.3 is 10.6 Å². The molecule has 0 aliphatic heterocycles. The van der Waals surface area contributed by atoms with Crippen molar-refractivity contribution in [3.8, 4) is 0 Å². The van der Waals surface area contributed by atoms with Crippen molar-refractivity contribution in [1.29, 1.82) is 0 Å². The Morgan fingerprint density at radius 1 is 1.00 bits per heavy atom. The molecule has 10 heteroatoms. The smallest absolute Gasteiger partial charge is 0.285 e. The fourth-order valence-corrected chi connectivity index (χ4v) is 2.74. The molecular formula is C20H15ClN4O5. The number of carbonyl (C=O) groups is 2. The molecule has 9 nitrogen and oxygen atoms in total. The molecule has 0 saturated carbocycles. The highest BCUT2D eigenvalue weighted by atomic mass is 35.5. The van der Waals surface area contributed by atoms with E-state index in [4.69, 9.17) is 11.6 Å². The molecule has 152 valence electrons. The fraction of sp³-hybridized carbons (Fsp3) is 0.0500. The van der Waals surface area contributed by atoms with Crippen molar-refractivity contribution in [2.24, 2.45) is 0 Å². The van der Waals surface area contributed by atoms with E-state index < -0.39 is 28.8 Å². The summed E-state index contributed by atoms with van der Waals surface area (Å²) in [6.07, 6.45) is 0.987. The largest absolute Gasteiger partial charge is 0.324 e.